The molecule has 122 valence electrons. The van der Waals surface area contributed by atoms with Crippen molar-refractivity contribution >= 4 is 23.6 Å². The molecule has 0 aromatic heterocycles. The highest BCUT2D eigenvalue weighted by atomic mass is 32.2. The third-order valence-electron chi connectivity index (χ3n) is 4.76. The lowest BCUT2D eigenvalue weighted by atomic mass is 9.69. The molecule has 1 amide bonds. The number of carbonyl (C=O) groups is 2. The first-order chi connectivity index (χ1) is 9.90. The molecule has 0 heterocycles. The SMILES string of the molecule is CSCCC(C)N(C)C(=O)CC1(CC(=O)O)CCCCC1. The number of hydrogen-bond acceptors (Lipinski definition) is 3. The van der Waals surface area contributed by atoms with Gasteiger partial charge in [-0.2, -0.15) is 11.8 Å². The number of carboxylic acid groups (broad SMARTS) is 1. The maximum atomic E-state index is 12.5. The van der Waals surface area contributed by atoms with Crippen LogP contribution < -0.4 is 0 Å². The van der Waals surface area contributed by atoms with Gasteiger partial charge in [0.2, 0.25) is 5.91 Å². The van der Waals surface area contributed by atoms with Crippen molar-refractivity contribution in [2.45, 2.75) is 64.3 Å². The van der Waals surface area contributed by atoms with Crippen LogP contribution in [0, 0.1) is 5.41 Å². The molecule has 0 spiro atoms. The van der Waals surface area contributed by atoms with E-state index in [0.717, 1.165) is 44.3 Å². The minimum Gasteiger partial charge on any atom is -0.481 e. The van der Waals surface area contributed by atoms with Gasteiger partial charge in [0.15, 0.2) is 0 Å². The third-order valence-corrected chi connectivity index (χ3v) is 5.40. The van der Waals surface area contributed by atoms with Crippen molar-refractivity contribution in [2.24, 2.45) is 5.41 Å². The highest BCUT2D eigenvalue weighted by Crippen LogP contribution is 2.42. The normalized spacial score (nSPS) is 19.0. The topological polar surface area (TPSA) is 57.6 Å². The van der Waals surface area contributed by atoms with Gasteiger partial charge in [-0.05, 0) is 43.6 Å². The lowest BCUT2D eigenvalue weighted by molar-refractivity contribution is -0.142. The van der Waals surface area contributed by atoms with Crippen molar-refractivity contribution in [3.63, 3.8) is 0 Å². The maximum absolute atomic E-state index is 12.5. The zero-order valence-electron chi connectivity index (χ0n) is 13.6. The molecule has 0 aliphatic heterocycles. The summed E-state index contributed by atoms with van der Waals surface area (Å²) in [6, 6.07) is 0.218. The lowest BCUT2D eigenvalue weighted by Crippen LogP contribution is -2.40. The molecule has 4 nitrogen and oxygen atoms in total. The molecular formula is C16H29NO3S. The van der Waals surface area contributed by atoms with Gasteiger partial charge in [0.1, 0.15) is 0 Å². The summed E-state index contributed by atoms with van der Waals surface area (Å²) in [5, 5.41) is 9.18. The highest BCUT2D eigenvalue weighted by molar-refractivity contribution is 7.98. The molecule has 1 saturated carbocycles. The molecular weight excluding hydrogens is 286 g/mol. The van der Waals surface area contributed by atoms with Crippen LogP contribution in [0.2, 0.25) is 0 Å². The first-order valence-corrected chi connectivity index (χ1v) is 9.26. The van der Waals surface area contributed by atoms with Crippen LogP contribution >= 0.6 is 11.8 Å². The van der Waals surface area contributed by atoms with Gasteiger partial charge in [-0.25, -0.2) is 0 Å². The molecule has 1 atom stereocenters. The number of aliphatic carboxylic acids is 1. The van der Waals surface area contributed by atoms with Crippen molar-refractivity contribution < 1.29 is 14.7 Å². The average molecular weight is 315 g/mol. The fourth-order valence-electron chi connectivity index (χ4n) is 3.21. The summed E-state index contributed by atoms with van der Waals surface area (Å²) >= 11 is 1.79. The second-order valence-corrected chi connectivity index (χ2v) is 7.43. The van der Waals surface area contributed by atoms with E-state index in [9.17, 15) is 14.7 Å². The largest absolute Gasteiger partial charge is 0.481 e. The quantitative estimate of drug-likeness (QED) is 0.746. The second-order valence-electron chi connectivity index (χ2n) is 6.44. The number of carbonyl (C=O) groups excluding carboxylic acids is 1. The van der Waals surface area contributed by atoms with Crippen LogP contribution in [0.1, 0.15) is 58.3 Å². The summed E-state index contributed by atoms with van der Waals surface area (Å²) in [5.74, 6) is 0.369. The number of hydrogen-bond donors (Lipinski definition) is 1. The fraction of sp³-hybridized carbons (Fsp3) is 0.875. The van der Waals surface area contributed by atoms with Crippen LogP contribution in [-0.4, -0.2) is 47.0 Å². The van der Waals surface area contributed by atoms with E-state index in [0.29, 0.717) is 6.42 Å². The Labute approximate surface area is 132 Å². The number of rotatable bonds is 8. The predicted octanol–water partition coefficient (Wildman–Crippen LogP) is 3.40. The van der Waals surface area contributed by atoms with E-state index in [1.165, 1.54) is 0 Å². The Kier molecular flexibility index (Phi) is 7.57. The smallest absolute Gasteiger partial charge is 0.303 e. The Morgan fingerprint density at radius 1 is 1.24 bits per heavy atom. The summed E-state index contributed by atoms with van der Waals surface area (Å²) < 4.78 is 0. The number of carboxylic acids is 1. The molecule has 21 heavy (non-hydrogen) atoms. The summed E-state index contributed by atoms with van der Waals surface area (Å²) in [5.41, 5.74) is -0.311. The van der Waals surface area contributed by atoms with Gasteiger partial charge < -0.3 is 10.0 Å². The summed E-state index contributed by atoms with van der Waals surface area (Å²) in [7, 11) is 1.85. The molecule has 5 heteroatoms. The first kappa shape index (κ1) is 18.3. The Balaban J connectivity index is 2.64. The molecule has 1 rings (SSSR count). The standard InChI is InChI=1S/C16H29NO3S/c1-13(7-10-21-3)17(2)14(18)11-16(12-15(19)20)8-5-4-6-9-16/h13H,4-12H2,1-3H3,(H,19,20). The van der Waals surface area contributed by atoms with E-state index < -0.39 is 5.97 Å². The maximum Gasteiger partial charge on any atom is 0.303 e. The highest BCUT2D eigenvalue weighted by Gasteiger charge is 2.37. The van der Waals surface area contributed by atoms with Crippen molar-refractivity contribution in [2.75, 3.05) is 19.1 Å². The zero-order valence-corrected chi connectivity index (χ0v) is 14.4. The average Bonchev–Trinajstić information content (AvgIpc) is 2.43. The fourth-order valence-corrected chi connectivity index (χ4v) is 3.79. The van der Waals surface area contributed by atoms with Crippen molar-refractivity contribution in [3.8, 4) is 0 Å². The Bertz CT molecular complexity index is 353. The van der Waals surface area contributed by atoms with Gasteiger partial charge in [-0.3, -0.25) is 9.59 Å². The predicted molar refractivity (Wildman–Crippen MR) is 87.6 cm³/mol. The van der Waals surface area contributed by atoms with Gasteiger partial charge in [0.25, 0.3) is 0 Å². The molecule has 1 fully saturated rings. The number of nitrogens with zero attached hydrogens (tertiary/aromatic N) is 1. The van der Waals surface area contributed by atoms with E-state index in [-0.39, 0.29) is 23.8 Å². The lowest BCUT2D eigenvalue weighted by Gasteiger charge is -2.37. The molecule has 0 aromatic carbocycles. The van der Waals surface area contributed by atoms with Crippen LogP contribution in [0.25, 0.3) is 0 Å². The van der Waals surface area contributed by atoms with E-state index in [2.05, 4.69) is 13.2 Å². The zero-order chi connectivity index (χ0) is 15.9. The molecule has 1 N–H and O–H groups in total. The van der Waals surface area contributed by atoms with Gasteiger partial charge in [-0.1, -0.05) is 19.3 Å². The Morgan fingerprint density at radius 3 is 2.38 bits per heavy atom. The number of thioether (sulfide) groups is 1. The van der Waals surface area contributed by atoms with Crippen molar-refractivity contribution in [3.05, 3.63) is 0 Å². The first-order valence-electron chi connectivity index (χ1n) is 7.86. The Morgan fingerprint density at radius 2 is 1.86 bits per heavy atom. The molecule has 1 aliphatic rings. The van der Waals surface area contributed by atoms with E-state index in [1.807, 2.05) is 11.9 Å². The molecule has 0 bridgehead atoms. The molecule has 0 saturated heterocycles. The Hall–Kier alpha value is -0.710. The monoisotopic (exact) mass is 315 g/mol. The molecule has 1 aliphatic carbocycles. The van der Waals surface area contributed by atoms with Crippen LogP contribution in [0.3, 0.4) is 0 Å². The van der Waals surface area contributed by atoms with E-state index in [4.69, 9.17) is 0 Å². The summed E-state index contributed by atoms with van der Waals surface area (Å²) in [6.07, 6.45) is 8.57. The number of amides is 1. The minimum absolute atomic E-state index is 0.103. The van der Waals surface area contributed by atoms with Crippen LogP contribution in [0.4, 0.5) is 0 Å². The van der Waals surface area contributed by atoms with Gasteiger partial charge >= 0.3 is 5.97 Å². The van der Waals surface area contributed by atoms with Crippen molar-refractivity contribution in [1.82, 2.24) is 4.90 Å². The van der Waals surface area contributed by atoms with E-state index in [1.54, 1.807) is 11.8 Å². The van der Waals surface area contributed by atoms with Crippen molar-refractivity contribution in [1.29, 1.82) is 0 Å². The van der Waals surface area contributed by atoms with Gasteiger partial charge in [0.05, 0.1) is 6.42 Å². The van der Waals surface area contributed by atoms with Gasteiger partial charge in [0, 0.05) is 19.5 Å². The van der Waals surface area contributed by atoms with E-state index >= 15 is 0 Å². The van der Waals surface area contributed by atoms with Gasteiger partial charge in [-0.15, -0.1) is 0 Å². The molecule has 0 radical (unpaired) electrons. The van der Waals surface area contributed by atoms with Crippen LogP contribution in [0.15, 0.2) is 0 Å². The molecule has 0 aromatic rings. The van der Waals surface area contributed by atoms with Crippen LogP contribution in [0.5, 0.6) is 0 Å². The minimum atomic E-state index is -0.775. The second kappa shape index (κ2) is 8.66. The summed E-state index contributed by atoms with van der Waals surface area (Å²) in [4.78, 5) is 25.5. The van der Waals surface area contributed by atoms with Crippen LogP contribution in [-0.2, 0) is 9.59 Å². The molecule has 1 unspecified atom stereocenters. The third kappa shape index (κ3) is 5.89. The summed E-state index contributed by atoms with van der Waals surface area (Å²) in [6.45, 7) is 2.07.